The Kier molecular flexibility index (Phi) is 4.72. The maximum atomic E-state index is 4.25. The molecule has 0 aliphatic carbocycles. The molecule has 2 heterocycles. The van der Waals surface area contributed by atoms with Crippen molar-refractivity contribution in [2.45, 2.75) is 45.7 Å². The molecule has 1 aliphatic heterocycles. The maximum absolute atomic E-state index is 4.25. The van der Waals surface area contributed by atoms with Gasteiger partial charge in [-0.25, -0.2) is 0 Å². The zero-order chi connectivity index (χ0) is 13.0. The van der Waals surface area contributed by atoms with Gasteiger partial charge in [0.05, 0.1) is 6.54 Å². The fraction of sp³-hybridized carbons (Fsp3) is 0.846. The molecule has 0 saturated carbocycles. The van der Waals surface area contributed by atoms with Crippen LogP contribution >= 0.6 is 0 Å². The lowest BCUT2D eigenvalue weighted by Crippen LogP contribution is -2.45. The molecule has 0 radical (unpaired) electrons. The first-order valence-electron chi connectivity index (χ1n) is 7.01. The minimum atomic E-state index is 0.646. The van der Waals surface area contributed by atoms with Crippen LogP contribution in [-0.4, -0.2) is 45.3 Å². The lowest BCUT2D eigenvalue weighted by molar-refractivity contribution is 0.178. The van der Waals surface area contributed by atoms with Gasteiger partial charge in [0.2, 0.25) is 0 Å². The normalized spacial score (nSPS) is 21.4. The van der Waals surface area contributed by atoms with Crippen molar-refractivity contribution in [2.24, 2.45) is 7.05 Å². The van der Waals surface area contributed by atoms with Crippen molar-refractivity contribution in [3.8, 4) is 0 Å². The number of aryl methyl sites for hydroxylation is 1. The van der Waals surface area contributed by atoms with E-state index in [1.165, 1.54) is 25.8 Å². The highest BCUT2D eigenvalue weighted by Gasteiger charge is 2.20. The standard InChI is InChI=1S/C13H25N5/c1-4-7-14-12-6-5-8-18(9-12)10-13-16-15-11(2)17(13)3/h12,14H,4-10H2,1-3H3. The van der Waals surface area contributed by atoms with Crippen molar-refractivity contribution in [3.63, 3.8) is 0 Å². The van der Waals surface area contributed by atoms with Crippen LogP contribution < -0.4 is 5.32 Å². The van der Waals surface area contributed by atoms with Crippen LogP contribution in [0.2, 0.25) is 0 Å². The van der Waals surface area contributed by atoms with Gasteiger partial charge in [-0.1, -0.05) is 6.92 Å². The second-order valence-corrected chi connectivity index (χ2v) is 5.25. The predicted octanol–water partition coefficient (Wildman–Crippen LogP) is 1.09. The highest BCUT2D eigenvalue weighted by Crippen LogP contribution is 2.13. The first kappa shape index (κ1) is 13.5. The van der Waals surface area contributed by atoms with E-state index in [-0.39, 0.29) is 0 Å². The third kappa shape index (κ3) is 3.29. The molecule has 1 N–H and O–H groups in total. The molecule has 0 amide bonds. The first-order chi connectivity index (χ1) is 8.70. The molecular formula is C13H25N5. The molecule has 2 rings (SSSR count). The Labute approximate surface area is 110 Å². The van der Waals surface area contributed by atoms with E-state index < -0.39 is 0 Å². The number of nitrogens with zero attached hydrogens (tertiary/aromatic N) is 4. The summed E-state index contributed by atoms with van der Waals surface area (Å²) >= 11 is 0. The summed E-state index contributed by atoms with van der Waals surface area (Å²) in [7, 11) is 2.04. The molecule has 1 aromatic heterocycles. The highest BCUT2D eigenvalue weighted by molar-refractivity contribution is 4.93. The minimum Gasteiger partial charge on any atom is -0.317 e. The lowest BCUT2D eigenvalue weighted by atomic mass is 10.1. The van der Waals surface area contributed by atoms with Crippen LogP contribution in [0.3, 0.4) is 0 Å². The molecule has 1 aromatic rings. The average molecular weight is 251 g/mol. The van der Waals surface area contributed by atoms with Gasteiger partial charge < -0.3 is 9.88 Å². The van der Waals surface area contributed by atoms with Crippen molar-refractivity contribution in [3.05, 3.63) is 11.6 Å². The molecule has 5 heteroatoms. The summed E-state index contributed by atoms with van der Waals surface area (Å²) < 4.78 is 2.09. The Balaban J connectivity index is 1.87. The fourth-order valence-corrected chi connectivity index (χ4v) is 2.50. The Morgan fingerprint density at radius 3 is 2.89 bits per heavy atom. The topological polar surface area (TPSA) is 46.0 Å². The van der Waals surface area contributed by atoms with E-state index in [2.05, 4.69) is 31.9 Å². The molecular weight excluding hydrogens is 226 g/mol. The lowest BCUT2D eigenvalue weighted by Gasteiger charge is -2.32. The van der Waals surface area contributed by atoms with Gasteiger partial charge in [0, 0.05) is 19.6 Å². The number of likely N-dealkylation sites (tertiary alicyclic amines) is 1. The molecule has 0 spiro atoms. The summed E-state index contributed by atoms with van der Waals surface area (Å²) in [4.78, 5) is 2.49. The van der Waals surface area contributed by atoms with Gasteiger partial charge in [-0.2, -0.15) is 0 Å². The average Bonchev–Trinajstić information content (AvgIpc) is 2.69. The highest BCUT2D eigenvalue weighted by atomic mass is 15.3. The van der Waals surface area contributed by atoms with Gasteiger partial charge in [-0.3, -0.25) is 4.90 Å². The third-order valence-electron chi connectivity index (χ3n) is 3.74. The summed E-state index contributed by atoms with van der Waals surface area (Å²) in [6, 6.07) is 0.646. The largest absolute Gasteiger partial charge is 0.317 e. The van der Waals surface area contributed by atoms with Crippen LogP contribution in [0.1, 0.15) is 37.8 Å². The van der Waals surface area contributed by atoms with Crippen molar-refractivity contribution < 1.29 is 0 Å². The Morgan fingerprint density at radius 1 is 1.39 bits per heavy atom. The zero-order valence-corrected chi connectivity index (χ0v) is 11.8. The van der Waals surface area contributed by atoms with Crippen molar-refractivity contribution in [2.75, 3.05) is 19.6 Å². The van der Waals surface area contributed by atoms with Crippen LogP contribution in [0.5, 0.6) is 0 Å². The van der Waals surface area contributed by atoms with Gasteiger partial charge in [-0.05, 0) is 39.3 Å². The number of piperidine rings is 1. The molecule has 1 atom stereocenters. The van der Waals surface area contributed by atoms with Gasteiger partial charge in [0.25, 0.3) is 0 Å². The summed E-state index contributed by atoms with van der Waals surface area (Å²) in [5.74, 6) is 2.06. The number of hydrogen-bond donors (Lipinski definition) is 1. The van der Waals surface area contributed by atoms with Gasteiger partial charge in [0.1, 0.15) is 11.6 Å². The summed E-state index contributed by atoms with van der Waals surface area (Å²) in [5, 5.41) is 12.0. The monoisotopic (exact) mass is 251 g/mol. The van der Waals surface area contributed by atoms with Crippen molar-refractivity contribution >= 4 is 0 Å². The van der Waals surface area contributed by atoms with Gasteiger partial charge in [-0.15, -0.1) is 10.2 Å². The van der Waals surface area contributed by atoms with Crippen molar-refractivity contribution in [1.29, 1.82) is 0 Å². The number of rotatable bonds is 5. The summed E-state index contributed by atoms with van der Waals surface area (Å²) in [6.45, 7) is 8.57. The number of aromatic nitrogens is 3. The molecule has 0 bridgehead atoms. The second-order valence-electron chi connectivity index (χ2n) is 5.25. The quantitative estimate of drug-likeness (QED) is 0.851. The van der Waals surface area contributed by atoms with E-state index in [1.807, 2.05) is 14.0 Å². The zero-order valence-electron chi connectivity index (χ0n) is 11.8. The second kappa shape index (κ2) is 6.29. The van der Waals surface area contributed by atoms with E-state index in [9.17, 15) is 0 Å². The minimum absolute atomic E-state index is 0.646. The summed E-state index contributed by atoms with van der Waals surface area (Å²) in [5.41, 5.74) is 0. The third-order valence-corrected chi connectivity index (χ3v) is 3.74. The van der Waals surface area contributed by atoms with E-state index in [0.717, 1.165) is 31.3 Å². The van der Waals surface area contributed by atoms with Crippen LogP contribution in [-0.2, 0) is 13.6 Å². The number of hydrogen-bond acceptors (Lipinski definition) is 4. The van der Waals surface area contributed by atoms with E-state index in [1.54, 1.807) is 0 Å². The van der Waals surface area contributed by atoms with Crippen LogP contribution in [0.4, 0.5) is 0 Å². The fourth-order valence-electron chi connectivity index (χ4n) is 2.50. The van der Waals surface area contributed by atoms with E-state index in [0.29, 0.717) is 6.04 Å². The molecule has 102 valence electrons. The molecule has 1 saturated heterocycles. The Bertz CT molecular complexity index is 373. The van der Waals surface area contributed by atoms with Crippen LogP contribution in [0, 0.1) is 6.92 Å². The molecule has 0 aromatic carbocycles. The molecule has 1 unspecified atom stereocenters. The van der Waals surface area contributed by atoms with Crippen LogP contribution in [0.25, 0.3) is 0 Å². The van der Waals surface area contributed by atoms with Crippen LogP contribution in [0.15, 0.2) is 0 Å². The SMILES string of the molecule is CCCNC1CCCN(Cc2nnc(C)n2C)C1. The van der Waals surface area contributed by atoms with Gasteiger partial charge in [0.15, 0.2) is 0 Å². The number of nitrogens with one attached hydrogen (secondary N) is 1. The van der Waals surface area contributed by atoms with E-state index in [4.69, 9.17) is 0 Å². The predicted molar refractivity (Wildman–Crippen MR) is 72.3 cm³/mol. The molecule has 1 fully saturated rings. The van der Waals surface area contributed by atoms with E-state index >= 15 is 0 Å². The maximum Gasteiger partial charge on any atom is 0.146 e. The summed E-state index contributed by atoms with van der Waals surface area (Å²) in [6.07, 6.45) is 3.78. The Morgan fingerprint density at radius 2 is 2.22 bits per heavy atom. The molecule has 1 aliphatic rings. The first-order valence-corrected chi connectivity index (χ1v) is 7.01. The van der Waals surface area contributed by atoms with Gasteiger partial charge >= 0.3 is 0 Å². The molecule has 5 nitrogen and oxygen atoms in total. The molecule has 18 heavy (non-hydrogen) atoms. The van der Waals surface area contributed by atoms with Crippen molar-refractivity contribution in [1.82, 2.24) is 25.0 Å². The Hall–Kier alpha value is -0.940. The smallest absolute Gasteiger partial charge is 0.146 e.